The minimum atomic E-state index is -4.33. The molecule has 0 radical (unpaired) electrons. The summed E-state index contributed by atoms with van der Waals surface area (Å²) in [6, 6.07) is 4.48. The van der Waals surface area contributed by atoms with Crippen LogP contribution in [0.25, 0.3) is 0 Å². The fourth-order valence-corrected chi connectivity index (χ4v) is 6.07. The first-order valence-electron chi connectivity index (χ1n) is 12.9. The molecule has 18 heteroatoms. The Hall–Kier alpha value is -4.00. The van der Waals surface area contributed by atoms with Crippen LogP contribution in [0, 0.1) is 6.92 Å². The standard InChI is InChI=1S/C26H31N3O13S2/c1-14(2)42-26(34)40-13-39-25(33)21-16(10-37-4)12-43-24-20(23(32)29(21)24)27-22(31)19(28-38-5)18(30)11-41-44(35,36)17-8-6-15(3)7-9-17/h6-9,14,20,24H,10-13H2,1-5H3,(H,27,31)/b28-19-/t20?,24-/m1/s1. The molecule has 0 saturated carbocycles. The van der Waals surface area contributed by atoms with Gasteiger partial charge in [-0.2, -0.15) is 8.42 Å². The molecular formula is C26H31N3O13S2. The SMILES string of the molecule is COCC1=C(C(=O)OCOC(=O)OC(C)C)N2C(=O)C(NC(=O)/C(=N\OC)C(=O)COS(=O)(=O)c3ccc(C)cc3)[C@H]2SC1. The number of hydrogen-bond acceptors (Lipinski definition) is 15. The van der Waals surface area contributed by atoms with Crippen LogP contribution in [0.3, 0.4) is 0 Å². The van der Waals surface area contributed by atoms with Crippen molar-refractivity contribution >= 4 is 57.3 Å². The van der Waals surface area contributed by atoms with E-state index < -0.39 is 76.5 Å². The van der Waals surface area contributed by atoms with Gasteiger partial charge in [0.15, 0.2) is 0 Å². The summed E-state index contributed by atoms with van der Waals surface area (Å²) in [7, 11) is -1.88. The number of rotatable bonds is 14. The number of β-lactam (4-membered cyclic amide) rings is 1. The third kappa shape index (κ3) is 8.34. The van der Waals surface area contributed by atoms with Gasteiger partial charge >= 0.3 is 12.1 Å². The maximum atomic E-state index is 13.1. The first-order valence-corrected chi connectivity index (χ1v) is 15.3. The van der Waals surface area contributed by atoms with Crippen LogP contribution >= 0.6 is 11.8 Å². The maximum absolute atomic E-state index is 13.1. The molecule has 1 aromatic carbocycles. The molecule has 1 unspecified atom stereocenters. The van der Waals surface area contributed by atoms with Crippen molar-refractivity contribution in [2.24, 2.45) is 5.16 Å². The van der Waals surface area contributed by atoms with Crippen molar-refractivity contribution in [2.45, 2.75) is 43.2 Å². The van der Waals surface area contributed by atoms with E-state index in [4.69, 9.17) is 23.1 Å². The predicted octanol–water partition coefficient (Wildman–Crippen LogP) is 0.635. The highest BCUT2D eigenvalue weighted by Gasteiger charge is 2.55. The zero-order chi connectivity index (χ0) is 32.6. The van der Waals surface area contributed by atoms with Crippen molar-refractivity contribution in [3.8, 4) is 0 Å². The Bertz CT molecular complexity index is 1460. The number of nitrogens with one attached hydrogen (secondary N) is 1. The van der Waals surface area contributed by atoms with Crippen LogP contribution in [0.2, 0.25) is 0 Å². The van der Waals surface area contributed by atoms with E-state index in [-0.39, 0.29) is 23.0 Å². The Labute approximate surface area is 257 Å². The molecule has 3 rings (SSSR count). The lowest BCUT2D eigenvalue weighted by Gasteiger charge is -2.49. The zero-order valence-electron chi connectivity index (χ0n) is 24.4. The molecule has 2 atom stereocenters. The van der Waals surface area contributed by atoms with Crippen LogP contribution < -0.4 is 5.32 Å². The third-order valence-electron chi connectivity index (χ3n) is 5.86. The molecular weight excluding hydrogens is 626 g/mol. The topological polar surface area (TPSA) is 202 Å². The Morgan fingerprint density at radius 1 is 1.11 bits per heavy atom. The Balaban J connectivity index is 1.67. The quantitative estimate of drug-likeness (QED) is 0.0555. The van der Waals surface area contributed by atoms with Gasteiger partial charge in [-0.3, -0.25) is 23.5 Å². The number of ketones is 1. The predicted molar refractivity (Wildman–Crippen MR) is 151 cm³/mol. The molecule has 1 N–H and O–H groups in total. The van der Waals surface area contributed by atoms with Gasteiger partial charge in [-0.1, -0.05) is 22.9 Å². The number of oxime groups is 1. The average molecular weight is 658 g/mol. The highest BCUT2D eigenvalue weighted by Crippen LogP contribution is 2.40. The molecule has 0 spiro atoms. The van der Waals surface area contributed by atoms with Crippen molar-refractivity contribution in [1.29, 1.82) is 0 Å². The second-order valence-electron chi connectivity index (χ2n) is 9.43. The summed E-state index contributed by atoms with van der Waals surface area (Å²) in [5.74, 6) is -3.78. The van der Waals surface area contributed by atoms with Crippen molar-refractivity contribution < 1.29 is 60.4 Å². The number of esters is 1. The van der Waals surface area contributed by atoms with Crippen molar-refractivity contribution in [2.75, 3.05) is 40.0 Å². The Morgan fingerprint density at radius 3 is 2.41 bits per heavy atom. The fourth-order valence-electron chi connectivity index (χ4n) is 3.88. The molecule has 2 amide bonds. The van der Waals surface area contributed by atoms with Crippen molar-refractivity contribution in [1.82, 2.24) is 10.2 Å². The second-order valence-corrected chi connectivity index (χ2v) is 12.2. The summed E-state index contributed by atoms with van der Waals surface area (Å²) >= 11 is 1.20. The number of benzene rings is 1. The summed E-state index contributed by atoms with van der Waals surface area (Å²) < 4.78 is 49.4. The summed E-state index contributed by atoms with van der Waals surface area (Å²) in [5, 5.41) is 4.97. The van der Waals surface area contributed by atoms with Gasteiger partial charge in [-0.15, -0.1) is 11.8 Å². The van der Waals surface area contributed by atoms with Crippen LogP contribution in [0.5, 0.6) is 0 Å². The number of ether oxygens (including phenoxy) is 4. The number of hydrogen-bond donors (Lipinski definition) is 1. The Kier molecular flexibility index (Phi) is 11.9. The number of methoxy groups -OCH3 is 1. The van der Waals surface area contributed by atoms with E-state index >= 15 is 0 Å². The van der Waals surface area contributed by atoms with Gasteiger partial charge in [0.25, 0.3) is 21.9 Å². The van der Waals surface area contributed by atoms with E-state index in [2.05, 4.69) is 15.3 Å². The molecule has 2 heterocycles. The lowest BCUT2D eigenvalue weighted by molar-refractivity contribution is -0.158. The minimum Gasteiger partial charge on any atom is -0.431 e. The van der Waals surface area contributed by atoms with Gasteiger partial charge in [0.2, 0.25) is 18.3 Å². The molecule has 0 aliphatic carbocycles. The Morgan fingerprint density at radius 2 is 1.80 bits per heavy atom. The van der Waals surface area contributed by atoms with E-state index in [1.165, 1.54) is 31.0 Å². The van der Waals surface area contributed by atoms with Gasteiger partial charge < -0.3 is 29.1 Å². The lowest BCUT2D eigenvalue weighted by atomic mass is 10.0. The monoisotopic (exact) mass is 657 g/mol. The molecule has 240 valence electrons. The number of carbonyl (C=O) groups is 5. The van der Waals surface area contributed by atoms with Gasteiger partial charge in [-0.05, 0) is 38.5 Å². The zero-order valence-corrected chi connectivity index (χ0v) is 26.0. The second kappa shape index (κ2) is 15.1. The fraction of sp³-hybridized carbons (Fsp3) is 0.462. The van der Waals surface area contributed by atoms with E-state index in [9.17, 15) is 32.4 Å². The minimum absolute atomic E-state index is 0.0220. The first kappa shape index (κ1) is 34.5. The normalized spacial score (nSPS) is 18.3. The number of fused-ring (bicyclic) bond motifs is 1. The molecule has 16 nitrogen and oxygen atoms in total. The van der Waals surface area contributed by atoms with Crippen molar-refractivity contribution in [3.05, 3.63) is 41.1 Å². The van der Waals surface area contributed by atoms with Gasteiger partial charge in [0.05, 0.1) is 17.6 Å². The molecule has 1 saturated heterocycles. The molecule has 1 aromatic rings. The van der Waals surface area contributed by atoms with E-state index in [1.54, 1.807) is 32.9 Å². The number of aryl methyl sites for hydroxylation is 1. The summed E-state index contributed by atoms with van der Waals surface area (Å²) in [6.07, 6.45) is -1.51. The highest BCUT2D eigenvalue weighted by atomic mass is 32.2. The number of Topliss-reactive ketones (excluding diaryl/α,β-unsaturated/α-hetero) is 1. The molecule has 44 heavy (non-hydrogen) atoms. The summed E-state index contributed by atoms with van der Waals surface area (Å²) in [4.78, 5) is 68.8. The van der Waals surface area contributed by atoms with Crippen molar-refractivity contribution in [3.63, 3.8) is 0 Å². The summed E-state index contributed by atoms with van der Waals surface area (Å²) in [6.45, 7) is 3.09. The molecule has 0 bridgehead atoms. The molecule has 2 aliphatic rings. The lowest BCUT2D eigenvalue weighted by Crippen LogP contribution is -2.71. The number of nitrogens with zero attached hydrogens (tertiary/aromatic N) is 2. The van der Waals surface area contributed by atoms with E-state index in [0.717, 1.165) is 17.6 Å². The van der Waals surface area contributed by atoms with Gasteiger partial charge in [0, 0.05) is 12.9 Å². The van der Waals surface area contributed by atoms with E-state index in [1.807, 2.05) is 0 Å². The van der Waals surface area contributed by atoms with Crippen LogP contribution in [0.15, 0.2) is 45.6 Å². The number of thioether (sulfide) groups is 1. The van der Waals surface area contributed by atoms with Crippen LogP contribution in [0.1, 0.15) is 19.4 Å². The van der Waals surface area contributed by atoms with Crippen LogP contribution in [-0.2, 0) is 57.3 Å². The molecule has 2 aliphatic heterocycles. The maximum Gasteiger partial charge on any atom is 0.511 e. The average Bonchev–Trinajstić information content (AvgIpc) is 2.97. The molecule has 1 fully saturated rings. The van der Waals surface area contributed by atoms with Gasteiger partial charge in [-0.25, -0.2) is 9.59 Å². The number of carbonyl (C=O) groups excluding carboxylic acids is 5. The van der Waals surface area contributed by atoms with Gasteiger partial charge in [0.1, 0.15) is 30.8 Å². The first-order chi connectivity index (χ1) is 20.8. The van der Waals surface area contributed by atoms with Crippen LogP contribution in [0.4, 0.5) is 4.79 Å². The highest BCUT2D eigenvalue weighted by molar-refractivity contribution is 8.00. The van der Waals surface area contributed by atoms with E-state index in [0.29, 0.717) is 5.57 Å². The third-order valence-corrected chi connectivity index (χ3v) is 8.48. The molecule has 0 aromatic heterocycles. The van der Waals surface area contributed by atoms with Crippen LogP contribution in [-0.4, -0.2) is 106 Å². The smallest absolute Gasteiger partial charge is 0.431 e. The number of amides is 2. The summed E-state index contributed by atoms with van der Waals surface area (Å²) in [5.41, 5.74) is 0.215. The largest absolute Gasteiger partial charge is 0.511 e.